The van der Waals surface area contributed by atoms with Crippen molar-refractivity contribution in [2.24, 2.45) is 0 Å². The van der Waals surface area contributed by atoms with E-state index in [1.165, 1.54) is 18.6 Å². The smallest absolute Gasteiger partial charge is 0.274 e. The number of amides is 2. The van der Waals surface area contributed by atoms with Gasteiger partial charge in [-0.3, -0.25) is 14.6 Å². The molecule has 132 valence electrons. The fourth-order valence-corrected chi connectivity index (χ4v) is 3.04. The first-order chi connectivity index (χ1) is 12.6. The predicted octanol–water partition coefficient (Wildman–Crippen LogP) is 1.52. The molecule has 0 atom stereocenters. The van der Waals surface area contributed by atoms with Crippen LogP contribution in [0.5, 0.6) is 0 Å². The summed E-state index contributed by atoms with van der Waals surface area (Å²) in [6.07, 6.45) is 4.48. The highest BCUT2D eigenvalue weighted by atomic mass is 16.3. The third-order valence-corrected chi connectivity index (χ3v) is 4.38. The van der Waals surface area contributed by atoms with Crippen molar-refractivity contribution in [3.8, 4) is 0 Å². The van der Waals surface area contributed by atoms with Crippen LogP contribution >= 0.6 is 0 Å². The number of fused-ring (bicyclic) bond motifs is 1. The monoisotopic (exact) mass is 351 g/mol. The van der Waals surface area contributed by atoms with Crippen LogP contribution in [-0.4, -0.2) is 62.7 Å². The van der Waals surface area contributed by atoms with Crippen molar-refractivity contribution in [1.29, 1.82) is 0 Å². The minimum absolute atomic E-state index is 0.0763. The van der Waals surface area contributed by atoms with Gasteiger partial charge in [0.1, 0.15) is 11.2 Å². The van der Waals surface area contributed by atoms with Gasteiger partial charge in [-0.2, -0.15) is 0 Å². The van der Waals surface area contributed by atoms with Gasteiger partial charge in [0.2, 0.25) is 0 Å². The summed E-state index contributed by atoms with van der Waals surface area (Å²) in [5, 5.41) is 0. The molecule has 0 unspecified atom stereocenters. The Balaban J connectivity index is 1.43. The quantitative estimate of drug-likeness (QED) is 0.695. The standard InChI is InChI=1S/C18H17N5O3/c1-12-21-14-3-2-13(10-16(14)26-12)17(24)22-6-8-23(9-7-22)18(25)15-11-19-4-5-20-15/h2-5,10-11H,6-9H2,1H3. The maximum absolute atomic E-state index is 12.7. The molecule has 26 heavy (non-hydrogen) atoms. The van der Waals surface area contributed by atoms with Crippen LogP contribution in [0.25, 0.3) is 11.1 Å². The summed E-state index contributed by atoms with van der Waals surface area (Å²) in [4.78, 5) is 40.8. The number of rotatable bonds is 2. The highest BCUT2D eigenvalue weighted by molar-refractivity contribution is 5.97. The lowest BCUT2D eigenvalue weighted by Gasteiger charge is -2.34. The number of carbonyl (C=O) groups is 2. The Kier molecular flexibility index (Phi) is 4.08. The van der Waals surface area contributed by atoms with Crippen LogP contribution in [-0.2, 0) is 0 Å². The van der Waals surface area contributed by atoms with E-state index in [0.29, 0.717) is 48.9 Å². The average molecular weight is 351 g/mol. The van der Waals surface area contributed by atoms with Crippen LogP contribution in [0.1, 0.15) is 26.7 Å². The molecule has 3 aromatic rings. The number of hydrogen-bond donors (Lipinski definition) is 0. The van der Waals surface area contributed by atoms with Gasteiger partial charge in [-0.15, -0.1) is 0 Å². The maximum atomic E-state index is 12.7. The van der Waals surface area contributed by atoms with E-state index < -0.39 is 0 Å². The molecule has 0 spiro atoms. The fraction of sp³-hybridized carbons (Fsp3) is 0.278. The highest BCUT2D eigenvalue weighted by Crippen LogP contribution is 2.19. The van der Waals surface area contributed by atoms with Crippen LogP contribution in [0, 0.1) is 6.92 Å². The first-order valence-electron chi connectivity index (χ1n) is 8.33. The molecule has 1 fully saturated rings. The molecule has 1 aromatic carbocycles. The van der Waals surface area contributed by atoms with Gasteiger partial charge in [-0.05, 0) is 18.2 Å². The molecule has 8 heteroatoms. The lowest BCUT2D eigenvalue weighted by Crippen LogP contribution is -2.50. The van der Waals surface area contributed by atoms with Gasteiger partial charge in [0.25, 0.3) is 11.8 Å². The zero-order valence-corrected chi connectivity index (χ0v) is 14.3. The summed E-state index contributed by atoms with van der Waals surface area (Å²) in [5.74, 6) is 0.331. The van der Waals surface area contributed by atoms with Crippen molar-refractivity contribution in [1.82, 2.24) is 24.8 Å². The Bertz CT molecular complexity index is 961. The molecule has 2 amide bonds. The molecular formula is C18H17N5O3. The number of piperazine rings is 1. The SMILES string of the molecule is Cc1nc2ccc(C(=O)N3CCN(C(=O)c4cnccn4)CC3)cc2o1. The third kappa shape index (κ3) is 3.01. The zero-order chi connectivity index (χ0) is 18.1. The molecule has 1 saturated heterocycles. The van der Waals surface area contributed by atoms with E-state index in [4.69, 9.17) is 4.42 Å². The molecule has 8 nitrogen and oxygen atoms in total. The summed E-state index contributed by atoms with van der Waals surface area (Å²) in [6.45, 7) is 3.64. The lowest BCUT2D eigenvalue weighted by molar-refractivity contribution is 0.0532. The Labute approximate surface area is 149 Å². The van der Waals surface area contributed by atoms with Crippen LogP contribution in [0.15, 0.2) is 41.2 Å². The summed E-state index contributed by atoms with van der Waals surface area (Å²) >= 11 is 0. The molecule has 0 radical (unpaired) electrons. The van der Waals surface area contributed by atoms with E-state index in [1.54, 1.807) is 34.9 Å². The van der Waals surface area contributed by atoms with E-state index in [0.717, 1.165) is 5.52 Å². The molecule has 0 bridgehead atoms. The topological polar surface area (TPSA) is 92.4 Å². The van der Waals surface area contributed by atoms with Gasteiger partial charge < -0.3 is 14.2 Å². The number of carbonyl (C=O) groups excluding carboxylic acids is 2. The van der Waals surface area contributed by atoms with Gasteiger partial charge >= 0.3 is 0 Å². The van der Waals surface area contributed by atoms with E-state index in [1.807, 2.05) is 0 Å². The lowest BCUT2D eigenvalue weighted by atomic mass is 10.1. The first-order valence-corrected chi connectivity index (χ1v) is 8.33. The van der Waals surface area contributed by atoms with Crippen molar-refractivity contribution in [3.05, 3.63) is 53.9 Å². The molecular weight excluding hydrogens is 334 g/mol. The van der Waals surface area contributed by atoms with Gasteiger partial charge in [-0.25, -0.2) is 9.97 Å². The largest absolute Gasteiger partial charge is 0.441 e. The molecule has 1 aliphatic heterocycles. The third-order valence-electron chi connectivity index (χ3n) is 4.38. The molecule has 1 aliphatic rings. The van der Waals surface area contributed by atoms with Crippen molar-refractivity contribution in [2.45, 2.75) is 6.92 Å². The van der Waals surface area contributed by atoms with Crippen molar-refractivity contribution in [3.63, 3.8) is 0 Å². The van der Waals surface area contributed by atoms with Gasteiger partial charge in [-0.1, -0.05) is 0 Å². The van der Waals surface area contributed by atoms with E-state index in [2.05, 4.69) is 15.0 Å². The molecule has 2 aromatic heterocycles. The maximum Gasteiger partial charge on any atom is 0.274 e. The minimum atomic E-state index is -0.163. The van der Waals surface area contributed by atoms with Gasteiger partial charge in [0, 0.05) is 51.1 Å². The van der Waals surface area contributed by atoms with Gasteiger partial charge in [0.15, 0.2) is 11.5 Å². The number of oxazole rings is 1. The zero-order valence-electron chi connectivity index (χ0n) is 14.3. The average Bonchev–Trinajstić information content (AvgIpc) is 3.07. The van der Waals surface area contributed by atoms with Crippen molar-refractivity contribution >= 4 is 22.9 Å². The summed E-state index contributed by atoms with van der Waals surface area (Å²) in [6, 6.07) is 5.26. The van der Waals surface area contributed by atoms with Crippen LogP contribution in [0.3, 0.4) is 0 Å². The second-order valence-corrected chi connectivity index (χ2v) is 6.09. The first kappa shape index (κ1) is 16.2. The number of benzene rings is 1. The van der Waals surface area contributed by atoms with Crippen LogP contribution in [0.2, 0.25) is 0 Å². The van der Waals surface area contributed by atoms with Gasteiger partial charge in [0.05, 0.1) is 6.20 Å². The Morgan fingerprint density at radius 3 is 2.46 bits per heavy atom. The summed E-state index contributed by atoms with van der Waals surface area (Å²) in [5.41, 5.74) is 2.21. The van der Waals surface area contributed by atoms with E-state index >= 15 is 0 Å². The normalized spacial score (nSPS) is 14.7. The van der Waals surface area contributed by atoms with Crippen molar-refractivity contribution < 1.29 is 14.0 Å². The van der Waals surface area contributed by atoms with Crippen LogP contribution in [0.4, 0.5) is 0 Å². The fourth-order valence-electron chi connectivity index (χ4n) is 3.04. The summed E-state index contributed by atoms with van der Waals surface area (Å²) < 4.78 is 5.50. The Morgan fingerprint density at radius 1 is 1.04 bits per heavy atom. The predicted molar refractivity (Wildman–Crippen MR) is 92.6 cm³/mol. The molecule has 0 aliphatic carbocycles. The molecule has 3 heterocycles. The number of hydrogen-bond acceptors (Lipinski definition) is 6. The number of nitrogens with zero attached hydrogens (tertiary/aromatic N) is 5. The summed E-state index contributed by atoms with van der Waals surface area (Å²) in [7, 11) is 0. The van der Waals surface area contributed by atoms with Crippen LogP contribution < -0.4 is 0 Å². The Hall–Kier alpha value is -3.29. The number of aromatic nitrogens is 3. The second kappa shape index (κ2) is 6.55. The van der Waals surface area contributed by atoms with E-state index in [9.17, 15) is 9.59 Å². The van der Waals surface area contributed by atoms with Crippen molar-refractivity contribution in [2.75, 3.05) is 26.2 Å². The molecule has 4 rings (SSSR count). The number of aryl methyl sites for hydroxylation is 1. The molecule has 0 N–H and O–H groups in total. The highest BCUT2D eigenvalue weighted by Gasteiger charge is 2.26. The minimum Gasteiger partial charge on any atom is -0.441 e. The van der Waals surface area contributed by atoms with E-state index in [-0.39, 0.29) is 11.8 Å². The molecule has 0 saturated carbocycles. The second-order valence-electron chi connectivity index (χ2n) is 6.09. The Morgan fingerprint density at radius 2 is 1.77 bits per heavy atom.